The molecule has 0 aromatic heterocycles. The van der Waals surface area contributed by atoms with Crippen molar-refractivity contribution in [1.82, 2.24) is 0 Å². The van der Waals surface area contributed by atoms with E-state index in [0.29, 0.717) is 6.61 Å². The quantitative estimate of drug-likeness (QED) is 0.816. The Morgan fingerprint density at radius 1 is 1.43 bits per heavy atom. The van der Waals surface area contributed by atoms with Gasteiger partial charge in [0.1, 0.15) is 0 Å². The van der Waals surface area contributed by atoms with Crippen LogP contribution in [0.1, 0.15) is 17.5 Å². The predicted molar refractivity (Wildman–Crippen MR) is 57.6 cm³/mol. The number of methoxy groups -OCH3 is 1. The van der Waals surface area contributed by atoms with Crippen LogP contribution in [0, 0.1) is 0 Å². The zero-order chi connectivity index (χ0) is 10.4. The molecule has 0 amide bonds. The van der Waals surface area contributed by atoms with Crippen molar-refractivity contribution in [3.05, 3.63) is 34.3 Å². The Balaban J connectivity index is 2.68. The van der Waals surface area contributed by atoms with Crippen LogP contribution in [0.5, 0.6) is 0 Å². The van der Waals surface area contributed by atoms with Gasteiger partial charge in [0, 0.05) is 18.7 Å². The predicted octanol–water partition coefficient (Wildman–Crippen LogP) is 2.41. The van der Waals surface area contributed by atoms with Gasteiger partial charge in [0.05, 0.1) is 6.61 Å². The minimum absolute atomic E-state index is 0.220. The second kappa shape index (κ2) is 6.02. The molecule has 0 radical (unpaired) electrons. The molecule has 0 unspecified atom stereocenters. The highest BCUT2D eigenvalue weighted by Gasteiger charge is 2.01. The molecule has 0 fully saturated rings. The molecule has 1 aromatic carbocycles. The smallest absolute Gasteiger partial charge is 0.0727 e. The zero-order valence-electron chi connectivity index (χ0n) is 8.29. The number of aryl methyl sites for hydroxylation is 1. The summed E-state index contributed by atoms with van der Waals surface area (Å²) in [6.07, 6.45) is 1.64. The van der Waals surface area contributed by atoms with Gasteiger partial charge in [0.15, 0.2) is 0 Å². The molecule has 78 valence electrons. The summed E-state index contributed by atoms with van der Waals surface area (Å²) in [4.78, 5) is 0. The Hall–Kier alpha value is -0.570. The van der Waals surface area contributed by atoms with Crippen molar-refractivity contribution in [2.45, 2.75) is 19.4 Å². The topological polar surface area (TPSA) is 29.5 Å². The second-order valence-corrected chi connectivity index (χ2v) is 3.59. The molecular formula is C11H15ClO2. The summed E-state index contributed by atoms with van der Waals surface area (Å²) in [5.41, 5.74) is 2.16. The van der Waals surface area contributed by atoms with E-state index in [1.807, 2.05) is 18.2 Å². The SMILES string of the molecule is COCc1ccc(CCCO)cc1Cl. The summed E-state index contributed by atoms with van der Waals surface area (Å²) in [5.74, 6) is 0. The number of aliphatic hydroxyl groups is 1. The van der Waals surface area contributed by atoms with Crippen LogP contribution < -0.4 is 0 Å². The lowest BCUT2D eigenvalue weighted by Gasteiger charge is -2.05. The van der Waals surface area contributed by atoms with Gasteiger partial charge in [-0.1, -0.05) is 23.7 Å². The molecule has 3 heteroatoms. The Kier molecular flexibility index (Phi) is 4.94. The third-order valence-electron chi connectivity index (χ3n) is 2.04. The van der Waals surface area contributed by atoms with E-state index in [2.05, 4.69) is 0 Å². The molecule has 0 saturated heterocycles. The lowest BCUT2D eigenvalue weighted by Crippen LogP contribution is -1.93. The van der Waals surface area contributed by atoms with E-state index in [9.17, 15) is 0 Å². The van der Waals surface area contributed by atoms with Gasteiger partial charge in [-0.2, -0.15) is 0 Å². The monoisotopic (exact) mass is 214 g/mol. The number of rotatable bonds is 5. The molecule has 0 saturated carbocycles. The fourth-order valence-corrected chi connectivity index (χ4v) is 1.56. The average molecular weight is 215 g/mol. The standard InChI is InChI=1S/C11H15ClO2/c1-14-8-10-5-4-9(3-2-6-13)7-11(10)12/h4-5,7,13H,2-3,6,8H2,1H3. The number of aliphatic hydroxyl groups excluding tert-OH is 1. The molecule has 14 heavy (non-hydrogen) atoms. The first-order valence-corrected chi connectivity index (χ1v) is 5.03. The van der Waals surface area contributed by atoms with Crippen LogP contribution in [0.4, 0.5) is 0 Å². The summed E-state index contributed by atoms with van der Waals surface area (Å²) in [6, 6.07) is 5.93. The largest absolute Gasteiger partial charge is 0.396 e. The number of benzene rings is 1. The van der Waals surface area contributed by atoms with Crippen molar-refractivity contribution in [2.24, 2.45) is 0 Å². The molecule has 0 bridgehead atoms. The first kappa shape index (κ1) is 11.5. The van der Waals surface area contributed by atoms with Crippen molar-refractivity contribution >= 4 is 11.6 Å². The number of ether oxygens (including phenoxy) is 1. The Morgan fingerprint density at radius 2 is 2.21 bits per heavy atom. The van der Waals surface area contributed by atoms with Crippen molar-refractivity contribution in [3.63, 3.8) is 0 Å². The van der Waals surface area contributed by atoms with Gasteiger partial charge in [0.25, 0.3) is 0 Å². The molecule has 0 spiro atoms. The highest BCUT2D eigenvalue weighted by molar-refractivity contribution is 6.31. The highest BCUT2D eigenvalue weighted by atomic mass is 35.5. The normalized spacial score (nSPS) is 10.5. The van der Waals surface area contributed by atoms with Gasteiger partial charge < -0.3 is 9.84 Å². The number of hydrogen-bond donors (Lipinski definition) is 1. The molecule has 1 aromatic rings. The fraction of sp³-hybridized carbons (Fsp3) is 0.455. The van der Waals surface area contributed by atoms with Crippen molar-refractivity contribution in [3.8, 4) is 0 Å². The van der Waals surface area contributed by atoms with Gasteiger partial charge >= 0.3 is 0 Å². The van der Waals surface area contributed by atoms with E-state index < -0.39 is 0 Å². The highest BCUT2D eigenvalue weighted by Crippen LogP contribution is 2.19. The van der Waals surface area contributed by atoms with Crippen LogP contribution in [-0.2, 0) is 17.8 Å². The van der Waals surface area contributed by atoms with Crippen LogP contribution in [0.2, 0.25) is 5.02 Å². The van der Waals surface area contributed by atoms with Crippen LogP contribution in [0.25, 0.3) is 0 Å². The van der Waals surface area contributed by atoms with E-state index in [1.54, 1.807) is 7.11 Å². The minimum Gasteiger partial charge on any atom is -0.396 e. The van der Waals surface area contributed by atoms with E-state index >= 15 is 0 Å². The van der Waals surface area contributed by atoms with E-state index in [1.165, 1.54) is 0 Å². The van der Waals surface area contributed by atoms with Crippen molar-refractivity contribution < 1.29 is 9.84 Å². The van der Waals surface area contributed by atoms with Gasteiger partial charge in [-0.3, -0.25) is 0 Å². The maximum atomic E-state index is 8.68. The van der Waals surface area contributed by atoms with E-state index in [4.69, 9.17) is 21.4 Å². The first-order valence-electron chi connectivity index (χ1n) is 4.65. The summed E-state index contributed by atoms with van der Waals surface area (Å²) >= 11 is 6.04. The van der Waals surface area contributed by atoms with Crippen molar-refractivity contribution in [1.29, 1.82) is 0 Å². The minimum atomic E-state index is 0.220. The third kappa shape index (κ3) is 3.29. The summed E-state index contributed by atoms with van der Waals surface area (Å²) < 4.78 is 5.01. The van der Waals surface area contributed by atoms with Gasteiger partial charge in [-0.25, -0.2) is 0 Å². The molecule has 0 aliphatic carbocycles. The average Bonchev–Trinajstić information content (AvgIpc) is 2.19. The molecule has 1 rings (SSSR count). The first-order chi connectivity index (χ1) is 6.77. The molecule has 0 heterocycles. The van der Waals surface area contributed by atoms with E-state index in [-0.39, 0.29) is 6.61 Å². The Morgan fingerprint density at radius 3 is 2.79 bits per heavy atom. The third-order valence-corrected chi connectivity index (χ3v) is 2.39. The maximum absolute atomic E-state index is 8.68. The number of hydrogen-bond acceptors (Lipinski definition) is 2. The molecule has 1 N–H and O–H groups in total. The maximum Gasteiger partial charge on any atom is 0.0727 e. The number of halogens is 1. The lowest BCUT2D eigenvalue weighted by atomic mass is 10.1. The van der Waals surface area contributed by atoms with Crippen LogP contribution in [0.15, 0.2) is 18.2 Å². The second-order valence-electron chi connectivity index (χ2n) is 3.19. The van der Waals surface area contributed by atoms with Crippen LogP contribution in [-0.4, -0.2) is 18.8 Å². The van der Waals surface area contributed by atoms with Gasteiger partial charge in [0.2, 0.25) is 0 Å². The lowest BCUT2D eigenvalue weighted by molar-refractivity contribution is 0.185. The zero-order valence-corrected chi connectivity index (χ0v) is 9.05. The summed E-state index contributed by atoms with van der Waals surface area (Å²) in [5, 5.41) is 9.42. The molecule has 0 aliphatic rings. The molecular weight excluding hydrogens is 200 g/mol. The molecule has 2 nitrogen and oxygen atoms in total. The van der Waals surface area contributed by atoms with Crippen molar-refractivity contribution in [2.75, 3.05) is 13.7 Å². The Labute approximate surface area is 89.5 Å². The van der Waals surface area contributed by atoms with Crippen LogP contribution in [0.3, 0.4) is 0 Å². The van der Waals surface area contributed by atoms with Gasteiger partial charge in [-0.05, 0) is 30.0 Å². The Bertz CT molecular complexity index is 287. The van der Waals surface area contributed by atoms with Gasteiger partial charge in [-0.15, -0.1) is 0 Å². The van der Waals surface area contributed by atoms with E-state index in [0.717, 1.165) is 29.0 Å². The molecule has 0 atom stereocenters. The molecule has 0 aliphatic heterocycles. The fourth-order valence-electron chi connectivity index (χ4n) is 1.30. The summed E-state index contributed by atoms with van der Waals surface area (Å²) in [7, 11) is 1.65. The summed E-state index contributed by atoms with van der Waals surface area (Å²) in [6.45, 7) is 0.760. The van der Waals surface area contributed by atoms with Crippen LogP contribution >= 0.6 is 11.6 Å².